The lowest BCUT2D eigenvalue weighted by Gasteiger charge is -2.48. The predicted octanol–water partition coefficient (Wildman–Crippen LogP) is 1.57. The molecule has 2 bridgehead atoms. The molecule has 7 rings (SSSR count). The molecule has 6 heterocycles. The average molecular weight is 520 g/mol. The van der Waals surface area contributed by atoms with Gasteiger partial charge in [0.2, 0.25) is 5.95 Å². The number of urea groups is 1. The summed E-state index contributed by atoms with van der Waals surface area (Å²) in [6, 6.07) is 10.4. The second-order valence-electron chi connectivity index (χ2n) is 10.0. The summed E-state index contributed by atoms with van der Waals surface area (Å²) in [7, 11) is 1.65. The van der Waals surface area contributed by atoms with Crippen molar-refractivity contribution in [3.8, 4) is 16.9 Å². The normalized spacial score (nSPS) is 22.8. The number of hydrogen-bond acceptors (Lipinski definition) is 9. The van der Waals surface area contributed by atoms with Gasteiger partial charge in [-0.05, 0) is 25.5 Å². The Bertz CT molecular complexity index is 1250. The molecule has 0 spiro atoms. The fourth-order valence-corrected chi connectivity index (χ4v) is 5.27. The lowest BCUT2D eigenvalue weighted by molar-refractivity contribution is -0.118. The number of benzene rings is 1. The van der Waals surface area contributed by atoms with Gasteiger partial charge in [0, 0.05) is 68.9 Å². The first kappa shape index (κ1) is 24.7. The van der Waals surface area contributed by atoms with Crippen molar-refractivity contribution in [2.45, 2.75) is 31.5 Å². The molecule has 1 aromatic carbocycles. The van der Waals surface area contributed by atoms with Crippen LogP contribution in [0.1, 0.15) is 12.0 Å². The minimum absolute atomic E-state index is 0.128. The predicted molar refractivity (Wildman–Crippen MR) is 142 cm³/mol. The van der Waals surface area contributed by atoms with Crippen molar-refractivity contribution in [3.63, 3.8) is 0 Å². The molecule has 0 unspecified atom stereocenters. The van der Waals surface area contributed by atoms with Crippen LogP contribution in [-0.2, 0) is 9.57 Å². The van der Waals surface area contributed by atoms with Gasteiger partial charge in [0.25, 0.3) is 0 Å². The fraction of sp³-hybridized carbons (Fsp3) is 0.462. The van der Waals surface area contributed by atoms with E-state index in [0.29, 0.717) is 49.9 Å². The highest BCUT2D eigenvalue weighted by Crippen LogP contribution is 2.31. The summed E-state index contributed by atoms with van der Waals surface area (Å²) < 4.78 is 6.85. The van der Waals surface area contributed by atoms with E-state index in [4.69, 9.17) is 14.7 Å². The van der Waals surface area contributed by atoms with Gasteiger partial charge in [0.1, 0.15) is 11.5 Å². The number of ether oxygens (including phenoxy) is 1. The number of piperidine rings is 1. The Morgan fingerprint density at radius 2 is 1.89 bits per heavy atom. The van der Waals surface area contributed by atoms with Crippen LogP contribution in [0.2, 0.25) is 0 Å². The first-order chi connectivity index (χ1) is 18.6. The number of amides is 2. The molecule has 0 radical (unpaired) electrons. The second kappa shape index (κ2) is 10.7. The maximum atomic E-state index is 13.0. The van der Waals surface area contributed by atoms with E-state index < -0.39 is 0 Å². The first-order valence-electron chi connectivity index (χ1n) is 13.0. The van der Waals surface area contributed by atoms with E-state index in [1.54, 1.807) is 16.9 Å². The first-order valence-corrected chi connectivity index (χ1v) is 13.0. The maximum Gasteiger partial charge on any atom is 0.320 e. The molecule has 12 heteroatoms. The van der Waals surface area contributed by atoms with Crippen LogP contribution in [0.25, 0.3) is 16.9 Å². The molecule has 12 nitrogen and oxygen atoms in total. The van der Waals surface area contributed by atoms with E-state index in [1.807, 2.05) is 49.6 Å². The van der Waals surface area contributed by atoms with E-state index in [-0.39, 0.29) is 12.1 Å². The molecule has 0 saturated carbocycles. The summed E-state index contributed by atoms with van der Waals surface area (Å²) in [5, 5.41) is 16.2. The zero-order valence-corrected chi connectivity index (χ0v) is 21.6. The third kappa shape index (κ3) is 5.07. The molecule has 3 N–H and O–H groups in total. The van der Waals surface area contributed by atoms with Crippen molar-refractivity contribution in [3.05, 3.63) is 48.3 Å². The van der Waals surface area contributed by atoms with Crippen molar-refractivity contribution in [1.82, 2.24) is 35.4 Å². The SMILES string of the molecule is COCCN1C[C@@H](NC(=O)Nc2c(C)c(-c3cnc(N4C[C@H]5C[C@@H](C4)N5)nc3)nn2-c2ccccc2)CO1. The van der Waals surface area contributed by atoms with Gasteiger partial charge in [0.05, 0.1) is 24.9 Å². The number of nitrogens with zero attached hydrogens (tertiary/aromatic N) is 6. The highest BCUT2D eigenvalue weighted by atomic mass is 16.7. The van der Waals surface area contributed by atoms with Crippen LogP contribution in [-0.4, -0.2) is 95.5 Å². The summed E-state index contributed by atoms with van der Waals surface area (Å²) in [6.45, 7) is 6.02. The van der Waals surface area contributed by atoms with E-state index >= 15 is 0 Å². The van der Waals surface area contributed by atoms with Gasteiger partial charge in [-0.15, -0.1) is 0 Å². The van der Waals surface area contributed by atoms with Crippen molar-refractivity contribution >= 4 is 17.8 Å². The minimum Gasteiger partial charge on any atom is -0.383 e. The molecular formula is C26H33N9O3. The number of nitrogens with one attached hydrogen (secondary N) is 3. The average Bonchev–Trinajstić information content (AvgIpc) is 3.51. The number of carbonyl (C=O) groups is 1. The topological polar surface area (TPSA) is 122 Å². The molecule has 4 fully saturated rings. The van der Waals surface area contributed by atoms with Gasteiger partial charge >= 0.3 is 6.03 Å². The lowest BCUT2D eigenvalue weighted by atomic mass is 9.92. The van der Waals surface area contributed by atoms with Crippen LogP contribution in [0.5, 0.6) is 0 Å². The summed E-state index contributed by atoms with van der Waals surface area (Å²) in [5.74, 6) is 1.33. The lowest BCUT2D eigenvalue weighted by Crippen LogP contribution is -2.67. The summed E-state index contributed by atoms with van der Waals surface area (Å²) in [6.07, 6.45) is 4.86. The zero-order valence-electron chi connectivity index (χ0n) is 21.6. The molecule has 3 aromatic rings. The Labute approximate surface area is 221 Å². The van der Waals surface area contributed by atoms with Crippen molar-refractivity contribution in [2.75, 3.05) is 56.7 Å². The van der Waals surface area contributed by atoms with Crippen molar-refractivity contribution in [1.29, 1.82) is 0 Å². The van der Waals surface area contributed by atoms with Gasteiger partial charge in [-0.1, -0.05) is 18.2 Å². The summed E-state index contributed by atoms with van der Waals surface area (Å²) >= 11 is 0. The highest BCUT2D eigenvalue weighted by molar-refractivity contribution is 5.91. The molecular weight excluding hydrogens is 486 g/mol. The Morgan fingerprint density at radius 3 is 2.61 bits per heavy atom. The van der Waals surface area contributed by atoms with Crippen LogP contribution in [0, 0.1) is 6.92 Å². The Morgan fingerprint density at radius 1 is 1.16 bits per heavy atom. The third-order valence-electron chi connectivity index (χ3n) is 7.23. The van der Waals surface area contributed by atoms with E-state index in [1.165, 1.54) is 6.42 Å². The molecule has 2 aromatic heterocycles. The third-order valence-corrected chi connectivity index (χ3v) is 7.23. The number of fused-ring (bicyclic) bond motifs is 2. The van der Waals surface area contributed by atoms with Crippen LogP contribution in [0.15, 0.2) is 42.7 Å². The maximum absolute atomic E-state index is 13.0. The highest BCUT2D eigenvalue weighted by Gasteiger charge is 2.37. The van der Waals surface area contributed by atoms with Crippen LogP contribution < -0.4 is 20.9 Å². The molecule has 38 heavy (non-hydrogen) atoms. The van der Waals surface area contributed by atoms with Gasteiger partial charge in [-0.2, -0.15) is 10.2 Å². The molecule has 200 valence electrons. The van der Waals surface area contributed by atoms with Gasteiger partial charge < -0.3 is 20.3 Å². The Kier molecular flexibility index (Phi) is 6.94. The minimum atomic E-state index is -0.317. The summed E-state index contributed by atoms with van der Waals surface area (Å²) in [5.41, 5.74) is 3.18. The largest absolute Gasteiger partial charge is 0.383 e. The monoisotopic (exact) mass is 519 g/mol. The number of aromatic nitrogens is 4. The quantitative estimate of drug-likeness (QED) is 0.407. The van der Waals surface area contributed by atoms with Crippen LogP contribution in [0.4, 0.5) is 16.6 Å². The van der Waals surface area contributed by atoms with E-state index in [9.17, 15) is 4.79 Å². The second-order valence-corrected chi connectivity index (χ2v) is 10.0. The molecule has 2 amide bonds. The number of rotatable bonds is 8. The molecule has 4 saturated heterocycles. The van der Waals surface area contributed by atoms with Crippen molar-refractivity contribution in [2.24, 2.45) is 0 Å². The number of anilines is 2. The number of hydrogen-bond donors (Lipinski definition) is 3. The van der Waals surface area contributed by atoms with E-state index in [2.05, 4.69) is 30.8 Å². The number of methoxy groups -OCH3 is 1. The zero-order chi connectivity index (χ0) is 26.1. The molecule has 4 aliphatic heterocycles. The Balaban J connectivity index is 1.21. The number of hydroxylamine groups is 2. The number of piperazine rings is 1. The Hall–Kier alpha value is -3.58. The summed E-state index contributed by atoms with van der Waals surface area (Å²) in [4.78, 5) is 30.2. The van der Waals surface area contributed by atoms with Gasteiger partial charge in [-0.3, -0.25) is 10.2 Å². The number of para-hydroxylation sites is 1. The fourth-order valence-electron chi connectivity index (χ4n) is 5.27. The standard InChI is InChI=1S/C26H33N9O3/c1-17-23(18-11-27-25(28-12-18)33-13-19-10-20(14-33)29-19)32-35(22-6-4-3-5-7-22)24(17)31-26(36)30-21-15-34(38-16-21)8-9-37-2/h3-7,11-12,19-21,29H,8-10,13-16H2,1-2H3,(H2,30,31,36)/t19-,20+,21-/m1/s1. The van der Waals surface area contributed by atoms with E-state index in [0.717, 1.165) is 35.9 Å². The van der Waals surface area contributed by atoms with Crippen molar-refractivity contribution < 1.29 is 14.4 Å². The van der Waals surface area contributed by atoms with Crippen LogP contribution in [0.3, 0.4) is 0 Å². The van der Waals surface area contributed by atoms with Crippen LogP contribution >= 0.6 is 0 Å². The number of carbonyl (C=O) groups excluding carboxylic acids is 1. The smallest absolute Gasteiger partial charge is 0.320 e. The van der Waals surface area contributed by atoms with Gasteiger partial charge in [-0.25, -0.2) is 19.4 Å². The van der Waals surface area contributed by atoms with Gasteiger partial charge in [0.15, 0.2) is 0 Å². The molecule has 4 aliphatic rings. The molecule has 3 atom stereocenters. The molecule has 0 aliphatic carbocycles.